The first kappa shape index (κ1) is 19.1. The van der Waals surface area contributed by atoms with Gasteiger partial charge in [-0.1, -0.05) is 109 Å². The molecular weight excluding hydrogens is 408 g/mol. The van der Waals surface area contributed by atoms with Crippen LogP contribution in [0.5, 0.6) is 0 Å². The molecule has 0 fully saturated rings. The molecule has 0 unspecified atom stereocenters. The van der Waals surface area contributed by atoms with Gasteiger partial charge in [-0.05, 0) is 89.6 Å². The maximum absolute atomic E-state index is 2.37. The molecule has 0 aliphatic rings. The monoisotopic (exact) mass is 430 g/mol. The zero-order valence-corrected chi connectivity index (χ0v) is 18.7. The van der Waals surface area contributed by atoms with Crippen molar-refractivity contribution in [3.63, 3.8) is 0 Å². The molecule has 0 saturated heterocycles. The van der Waals surface area contributed by atoms with Gasteiger partial charge in [-0.15, -0.1) is 0 Å². The van der Waals surface area contributed by atoms with Crippen molar-refractivity contribution in [3.8, 4) is 22.3 Å². The third kappa shape index (κ3) is 3.00. The number of fused-ring (bicyclic) bond motifs is 4. The molecule has 0 aliphatic carbocycles. The fourth-order valence-corrected chi connectivity index (χ4v) is 5.35. The standard InChI is InChI=1S/C34H22/c1-2-9-23(10-3-1)30-18-17-29-20-25-12-5-7-14-27(25)22-33(29)34(30)31-16-8-15-28-19-24-11-4-6-13-26(24)21-32(28)31/h1-22H. The normalized spacial score (nSPS) is 11.5. The van der Waals surface area contributed by atoms with Gasteiger partial charge in [0.1, 0.15) is 0 Å². The summed E-state index contributed by atoms with van der Waals surface area (Å²) in [6.45, 7) is 0. The lowest BCUT2D eigenvalue weighted by Crippen LogP contribution is -1.90. The summed E-state index contributed by atoms with van der Waals surface area (Å²) in [5.41, 5.74) is 5.09. The lowest BCUT2D eigenvalue weighted by Gasteiger charge is -2.17. The number of hydrogen-bond acceptors (Lipinski definition) is 0. The van der Waals surface area contributed by atoms with Gasteiger partial charge in [0.2, 0.25) is 0 Å². The second-order valence-electron chi connectivity index (χ2n) is 9.00. The van der Waals surface area contributed by atoms with Crippen molar-refractivity contribution < 1.29 is 0 Å². The number of hydrogen-bond donors (Lipinski definition) is 0. The van der Waals surface area contributed by atoms with E-state index in [1.807, 2.05) is 0 Å². The molecule has 0 spiro atoms. The van der Waals surface area contributed by atoms with Crippen molar-refractivity contribution in [2.24, 2.45) is 0 Å². The average Bonchev–Trinajstić information content (AvgIpc) is 2.90. The second-order valence-corrected chi connectivity index (χ2v) is 9.00. The Labute approximate surface area is 198 Å². The maximum atomic E-state index is 2.37. The largest absolute Gasteiger partial charge is 0.0622 e. The zero-order valence-electron chi connectivity index (χ0n) is 18.7. The average molecular weight is 431 g/mol. The van der Waals surface area contributed by atoms with Gasteiger partial charge in [-0.2, -0.15) is 0 Å². The molecule has 0 saturated carbocycles. The first-order valence-corrected chi connectivity index (χ1v) is 11.8. The Morgan fingerprint density at radius 2 is 0.824 bits per heavy atom. The smallest absolute Gasteiger partial charge is 0.00204 e. The van der Waals surface area contributed by atoms with Gasteiger partial charge in [0.15, 0.2) is 0 Å². The van der Waals surface area contributed by atoms with Crippen LogP contribution in [-0.2, 0) is 0 Å². The van der Waals surface area contributed by atoms with E-state index in [9.17, 15) is 0 Å². The highest BCUT2D eigenvalue weighted by molar-refractivity contribution is 6.15. The van der Waals surface area contributed by atoms with Gasteiger partial charge in [-0.3, -0.25) is 0 Å². The predicted octanol–water partition coefficient (Wildman–Crippen LogP) is 9.63. The highest BCUT2D eigenvalue weighted by Crippen LogP contribution is 2.42. The van der Waals surface area contributed by atoms with Crippen molar-refractivity contribution in [2.75, 3.05) is 0 Å². The summed E-state index contributed by atoms with van der Waals surface area (Å²) in [5.74, 6) is 0. The second kappa shape index (κ2) is 7.57. The molecule has 0 N–H and O–H groups in total. The molecule has 0 bridgehead atoms. The molecule has 7 rings (SSSR count). The Morgan fingerprint density at radius 3 is 1.50 bits per heavy atom. The summed E-state index contributed by atoms with van der Waals surface area (Å²) in [4.78, 5) is 0. The first-order chi connectivity index (χ1) is 16.8. The summed E-state index contributed by atoms with van der Waals surface area (Å²) in [6, 6.07) is 48.7. The van der Waals surface area contributed by atoms with E-state index in [0.29, 0.717) is 0 Å². The number of benzene rings is 7. The summed E-state index contributed by atoms with van der Waals surface area (Å²) in [7, 11) is 0. The van der Waals surface area contributed by atoms with Crippen LogP contribution in [-0.4, -0.2) is 0 Å². The fourth-order valence-electron chi connectivity index (χ4n) is 5.35. The minimum absolute atomic E-state index is 1.24. The Balaban J connectivity index is 1.65. The van der Waals surface area contributed by atoms with E-state index in [-0.39, 0.29) is 0 Å². The van der Waals surface area contributed by atoms with Crippen molar-refractivity contribution in [1.82, 2.24) is 0 Å². The van der Waals surface area contributed by atoms with E-state index in [4.69, 9.17) is 0 Å². The van der Waals surface area contributed by atoms with Crippen LogP contribution in [0.4, 0.5) is 0 Å². The van der Waals surface area contributed by atoms with E-state index in [1.165, 1.54) is 65.3 Å². The van der Waals surface area contributed by atoms with Crippen molar-refractivity contribution in [2.45, 2.75) is 0 Å². The van der Waals surface area contributed by atoms with Crippen LogP contribution in [0.1, 0.15) is 0 Å². The van der Waals surface area contributed by atoms with Crippen LogP contribution < -0.4 is 0 Å². The van der Waals surface area contributed by atoms with Crippen molar-refractivity contribution in [1.29, 1.82) is 0 Å². The van der Waals surface area contributed by atoms with E-state index in [2.05, 4.69) is 133 Å². The highest BCUT2D eigenvalue weighted by Gasteiger charge is 2.15. The topological polar surface area (TPSA) is 0 Å². The van der Waals surface area contributed by atoms with Crippen LogP contribution >= 0.6 is 0 Å². The van der Waals surface area contributed by atoms with Crippen LogP contribution in [0.25, 0.3) is 65.3 Å². The molecule has 0 aromatic heterocycles. The SMILES string of the molecule is c1ccc(-c2ccc3cc4ccccc4cc3c2-c2cccc3cc4ccccc4cc23)cc1. The lowest BCUT2D eigenvalue weighted by atomic mass is 9.86. The Hall–Kier alpha value is -4.42. The summed E-state index contributed by atoms with van der Waals surface area (Å²) in [6.07, 6.45) is 0. The third-order valence-corrected chi connectivity index (χ3v) is 6.99. The molecule has 7 aromatic rings. The summed E-state index contributed by atoms with van der Waals surface area (Å²) < 4.78 is 0. The Morgan fingerprint density at radius 1 is 0.294 bits per heavy atom. The summed E-state index contributed by atoms with van der Waals surface area (Å²) in [5, 5.41) is 10.2. The van der Waals surface area contributed by atoms with Crippen LogP contribution in [0.2, 0.25) is 0 Å². The van der Waals surface area contributed by atoms with Crippen LogP contribution in [0.15, 0.2) is 133 Å². The minimum atomic E-state index is 1.24. The van der Waals surface area contributed by atoms with E-state index in [0.717, 1.165) is 0 Å². The van der Waals surface area contributed by atoms with Gasteiger partial charge >= 0.3 is 0 Å². The molecule has 0 heterocycles. The molecule has 7 aromatic carbocycles. The highest BCUT2D eigenvalue weighted by atomic mass is 14.2. The minimum Gasteiger partial charge on any atom is -0.0622 e. The van der Waals surface area contributed by atoms with E-state index >= 15 is 0 Å². The molecule has 0 nitrogen and oxygen atoms in total. The molecular formula is C34H22. The van der Waals surface area contributed by atoms with Gasteiger partial charge < -0.3 is 0 Å². The zero-order chi connectivity index (χ0) is 22.5. The summed E-state index contributed by atoms with van der Waals surface area (Å²) >= 11 is 0. The fraction of sp³-hybridized carbons (Fsp3) is 0. The first-order valence-electron chi connectivity index (χ1n) is 11.8. The molecule has 0 aliphatic heterocycles. The predicted molar refractivity (Wildman–Crippen MR) is 147 cm³/mol. The molecule has 34 heavy (non-hydrogen) atoms. The van der Waals surface area contributed by atoms with E-state index < -0.39 is 0 Å². The Bertz CT molecular complexity index is 1840. The maximum Gasteiger partial charge on any atom is -0.00204 e. The molecule has 0 atom stereocenters. The molecule has 0 radical (unpaired) electrons. The van der Waals surface area contributed by atoms with Crippen molar-refractivity contribution >= 4 is 43.1 Å². The van der Waals surface area contributed by atoms with E-state index in [1.54, 1.807) is 0 Å². The Kier molecular flexibility index (Phi) is 4.25. The van der Waals surface area contributed by atoms with Crippen LogP contribution in [0, 0.1) is 0 Å². The van der Waals surface area contributed by atoms with Crippen molar-refractivity contribution in [3.05, 3.63) is 133 Å². The lowest BCUT2D eigenvalue weighted by molar-refractivity contribution is 1.63. The van der Waals surface area contributed by atoms with Crippen LogP contribution in [0.3, 0.4) is 0 Å². The third-order valence-electron chi connectivity index (χ3n) is 6.99. The van der Waals surface area contributed by atoms with Gasteiger partial charge in [-0.25, -0.2) is 0 Å². The quantitative estimate of drug-likeness (QED) is 0.239. The molecule has 158 valence electrons. The number of rotatable bonds is 2. The molecule has 0 amide bonds. The molecule has 0 heteroatoms. The van der Waals surface area contributed by atoms with Gasteiger partial charge in [0.05, 0.1) is 0 Å². The van der Waals surface area contributed by atoms with Gasteiger partial charge in [0, 0.05) is 0 Å². The van der Waals surface area contributed by atoms with Gasteiger partial charge in [0.25, 0.3) is 0 Å².